The molecular weight excluding hydrogens is 347 g/mol. The molecule has 122 valence electrons. The highest BCUT2D eigenvalue weighted by atomic mass is 35.5. The van der Waals surface area contributed by atoms with E-state index in [0.29, 0.717) is 11.8 Å². The summed E-state index contributed by atoms with van der Waals surface area (Å²) in [6.45, 7) is 0. The van der Waals surface area contributed by atoms with Gasteiger partial charge in [-0.2, -0.15) is 18.3 Å². The highest BCUT2D eigenvalue weighted by Crippen LogP contribution is 2.40. The Balaban J connectivity index is 1.63. The number of hydrogen-bond donors (Lipinski definition) is 2. The molecule has 0 unspecified atom stereocenters. The third kappa shape index (κ3) is 3.50. The predicted molar refractivity (Wildman–Crippen MR) is 88.6 cm³/mol. The van der Waals surface area contributed by atoms with E-state index >= 15 is 0 Å². The van der Waals surface area contributed by atoms with Crippen molar-refractivity contribution in [3.63, 3.8) is 0 Å². The van der Waals surface area contributed by atoms with E-state index < -0.39 is 11.7 Å². The number of nitrogens with one attached hydrogen (secondary N) is 2. The van der Waals surface area contributed by atoms with Crippen molar-refractivity contribution in [2.75, 3.05) is 5.32 Å². The summed E-state index contributed by atoms with van der Waals surface area (Å²) in [5.41, 5.74) is 3.00. The molecule has 1 saturated carbocycles. The third-order valence-corrected chi connectivity index (χ3v) is 4.53. The standard InChI is InChI=1S/C15H13ClF3N3S/c16-11-5-4-9(15(17,18)19)7-13(11)20-14(23)22-21-12-6-8-2-1-3-10(8)12/h1-2,4-5,7-8,10H,3,6H2,(H2,20,22,23)/b21-12+/t8-,10+/m1/s1. The SMILES string of the molecule is FC(F)(F)c1ccc(Cl)c(NC(=S)N/N=C2\C[C@H]3C=CC[C@H]23)c1. The van der Waals surface area contributed by atoms with Crippen LogP contribution in [0.15, 0.2) is 35.5 Å². The lowest BCUT2D eigenvalue weighted by Gasteiger charge is -2.31. The molecule has 3 rings (SSSR count). The molecule has 2 N–H and O–H groups in total. The van der Waals surface area contributed by atoms with Gasteiger partial charge in [0.25, 0.3) is 0 Å². The first kappa shape index (κ1) is 16.3. The highest BCUT2D eigenvalue weighted by molar-refractivity contribution is 7.80. The number of thiocarbonyl (C=S) groups is 1. The van der Waals surface area contributed by atoms with Crippen LogP contribution in [0.25, 0.3) is 0 Å². The second-order valence-electron chi connectivity index (χ2n) is 5.50. The molecule has 2 aliphatic carbocycles. The quantitative estimate of drug-likeness (QED) is 0.460. The summed E-state index contributed by atoms with van der Waals surface area (Å²) in [4.78, 5) is 0. The van der Waals surface area contributed by atoms with Crippen LogP contribution >= 0.6 is 23.8 Å². The maximum Gasteiger partial charge on any atom is 0.416 e. The van der Waals surface area contributed by atoms with Crippen molar-refractivity contribution in [3.8, 4) is 0 Å². The fourth-order valence-electron chi connectivity index (χ4n) is 2.73. The van der Waals surface area contributed by atoms with Gasteiger partial charge in [0.1, 0.15) is 0 Å². The van der Waals surface area contributed by atoms with Crippen LogP contribution in [-0.4, -0.2) is 10.8 Å². The zero-order valence-electron chi connectivity index (χ0n) is 11.8. The molecule has 0 aromatic heterocycles. The largest absolute Gasteiger partial charge is 0.416 e. The smallest absolute Gasteiger partial charge is 0.330 e. The van der Waals surface area contributed by atoms with Gasteiger partial charge >= 0.3 is 6.18 Å². The van der Waals surface area contributed by atoms with Crippen molar-refractivity contribution in [1.82, 2.24) is 5.43 Å². The van der Waals surface area contributed by atoms with Gasteiger partial charge in [-0.15, -0.1) is 0 Å². The van der Waals surface area contributed by atoms with Gasteiger partial charge in [-0.1, -0.05) is 23.8 Å². The normalized spacial score (nSPS) is 24.3. The van der Waals surface area contributed by atoms with Crippen molar-refractivity contribution >= 4 is 40.3 Å². The number of benzene rings is 1. The summed E-state index contributed by atoms with van der Waals surface area (Å²) in [5, 5.41) is 7.13. The molecular formula is C15H13ClF3N3S. The number of rotatable bonds is 2. The molecule has 0 heterocycles. The van der Waals surface area contributed by atoms with Crippen molar-refractivity contribution < 1.29 is 13.2 Å². The van der Waals surface area contributed by atoms with E-state index in [-0.39, 0.29) is 15.8 Å². The van der Waals surface area contributed by atoms with Gasteiger partial charge in [0.05, 0.1) is 16.3 Å². The number of anilines is 1. The molecule has 3 nitrogen and oxygen atoms in total. The molecule has 0 bridgehead atoms. The van der Waals surface area contributed by atoms with Gasteiger partial charge in [0, 0.05) is 11.6 Å². The molecule has 23 heavy (non-hydrogen) atoms. The Hall–Kier alpha value is -1.60. The number of hydrogen-bond acceptors (Lipinski definition) is 2. The van der Waals surface area contributed by atoms with E-state index in [4.69, 9.17) is 23.8 Å². The molecule has 0 saturated heterocycles. The Bertz CT molecular complexity index is 700. The lowest BCUT2D eigenvalue weighted by Crippen LogP contribution is -2.36. The van der Waals surface area contributed by atoms with Gasteiger partial charge in [0.15, 0.2) is 5.11 Å². The molecule has 0 spiro atoms. The predicted octanol–water partition coefficient (Wildman–Crippen LogP) is 4.60. The average Bonchev–Trinajstić information content (AvgIpc) is 2.82. The van der Waals surface area contributed by atoms with Gasteiger partial charge in [-0.3, -0.25) is 5.43 Å². The lowest BCUT2D eigenvalue weighted by atomic mass is 9.74. The van der Waals surface area contributed by atoms with Crippen LogP contribution in [0, 0.1) is 11.8 Å². The fourth-order valence-corrected chi connectivity index (χ4v) is 3.05. The molecule has 2 aliphatic rings. The first-order valence-corrected chi connectivity index (χ1v) is 7.80. The van der Waals surface area contributed by atoms with Crippen molar-refractivity contribution in [1.29, 1.82) is 0 Å². The van der Waals surface area contributed by atoms with E-state index in [0.717, 1.165) is 30.7 Å². The molecule has 1 fully saturated rings. The summed E-state index contributed by atoms with van der Waals surface area (Å²) >= 11 is 11.0. The minimum absolute atomic E-state index is 0.0909. The monoisotopic (exact) mass is 359 g/mol. The van der Waals surface area contributed by atoms with E-state index in [9.17, 15) is 13.2 Å². The van der Waals surface area contributed by atoms with Crippen LogP contribution in [-0.2, 0) is 6.18 Å². The maximum absolute atomic E-state index is 12.7. The number of hydrazone groups is 1. The number of halogens is 4. The summed E-state index contributed by atoms with van der Waals surface area (Å²) in [6.07, 6.45) is 1.75. The summed E-state index contributed by atoms with van der Waals surface area (Å²) in [5.74, 6) is 0.998. The molecule has 1 aromatic carbocycles. The highest BCUT2D eigenvalue weighted by Gasteiger charge is 2.38. The second-order valence-corrected chi connectivity index (χ2v) is 6.32. The number of fused-ring (bicyclic) bond motifs is 1. The van der Waals surface area contributed by atoms with Crippen LogP contribution in [0.4, 0.5) is 18.9 Å². The van der Waals surface area contributed by atoms with Crippen molar-refractivity contribution in [2.45, 2.75) is 19.0 Å². The topological polar surface area (TPSA) is 36.4 Å². The van der Waals surface area contributed by atoms with E-state index in [1.807, 2.05) is 0 Å². The molecule has 1 aromatic rings. The number of allylic oxidation sites excluding steroid dienone is 2. The molecule has 0 amide bonds. The van der Waals surface area contributed by atoms with Crippen molar-refractivity contribution in [3.05, 3.63) is 40.9 Å². The van der Waals surface area contributed by atoms with E-state index in [1.54, 1.807) is 0 Å². The Kier molecular flexibility index (Phi) is 4.33. The number of alkyl halides is 3. The van der Waals surface area contributed by atoms with Crippen molar-refractivity contribution in [2.24, 2.45) is 16.9 Å². The summed E-state index contributed by atoms with van der Waals surface area (Å²) < 4.78 is 38.2. The minimum atomic E-state index is -4.44. The summed E-state index contributed by atoms with van der Waals surface area (Å²) in [6, 6.07) is 3.03. The lowest BCUT2D eigenvalue weighted by molar-refractivity contribution is -0.137. The molecule has 0 aliphatic heterocycles. The summed E-state index contributed by atoms with van der Waals surface area (Å²) in [7, 11) is 0. The maximum atomic E-state index is 12.7. The Morgan fingerprint density at radius 1 is 1.35 bits per heavy atom. The van der Waals surface area contributed by atoms with E-state index in [1.165, 1.54) is 6.07 Å². The number of nitrogens with zero attached hydrogens (tertiary/aromatic N) is 1. The third-order valence-electron chi connectivity index (χ3n) is 4.01. The van der Waals surface area contributed by atoms with Gasteiger partial charge in [-0.05, 0) is 49.2 Å². The van der Waals surface area contributed by atoms with E-state index in [2.05, 4.69) is 28.0 Å². The molecule has 2 atom stereocenters. The first-order chi connectivity index (χ1) is 10.8. The first-order valence-electron chi connectivity index (χ1n) is 7.01. The van der Waals surface area contributed by atoms with Crippen LogP contribution in [0.1, 0.15) is 18.4 Å². The molecule has 8 heteroatoms. The Morgan fingerprint density at radius 2 is 2.13 bits per heavy atom. The van der Waals surface area contributed by atoms with Crippen LogP contribution in [0.3, 0.4) is 0 Å². The Labute approximate surface area is 141 Å². The zero-order valence-corrected chi connectivity index (χ0v) is 13.4. The Morgan fingerprint density at radius 3 is 2.83 bits per heavy atom. The average molecular weight is 360 g/mol. The second kappa shape index (κ2) is 6.13. The van der Waals surface area contributed by atoms with Gasteiger partial charge in [-0.25, -0.2) is 0 Å². The fraction of sp³-hybridized carbons (Fsp3) is 0.333. The van der Waals surface area contributed by atoms with Crippen LogP contribution in [0.2, 0.25) is 5.02 Å². The zero-order chi connectivity index (χ0) is 16.6. The van der Waals surface area contributed by atoms with Crippen LogP contribution in [0.5, 0.6) is 0 Å². The van der Waals surface area contributed by atoms with Gasteiger partial charge < -0.3 is 5.32 Å². The van der Waals surface area contributed by atoms with Gasteiger partial charge in [0.2, 0.25) is 0 Å². The molecule has 0 radical (unpaired) electrons. The minimum Gasteiger partial charge on any atom is -0.330 e. The van der Waals surface area contributed by atoms with Crippen LogP contribution < -0.4 is 10.7 Å².